The topological polar surface area (TPSA) is 32.3 Å². The fourth-order valence-corrected chi connectivity index (χ4v) is 2.26. The van der Waals surface area contributed by atoms with Crippen molar-refractivity contribution in [2.24, 2.45) is 5.41 Å². The van der Waals surface area contributed by atoms with Crippen LogP contribution in [0.5, 0.6) is 0 Å². The second-order valence-corrected chi connectivity index (χ2v) is 6.43. The summed E-state index contributed by atoms with van der Waals surface area (Å²) < 4.78 is 0. The predicted molar refractivity (Wildman–Crippen MR) is 80.6 cm³/mol. The standard InChI is InChI=1S/C16H24N2O/c1-16(2,3)10-11-17-13-6-8-14(9-7-13)18-12-4-5-15(18)19/h6-9,17H,4-5,10-12H2,1-3H3. The van der Waals surface area contributed by atoms with Crippen LogP contribution in [0, 0.1) is 5.41 Å². The largest absolute Gasteiger partial charge is 0.385 e. The van der Waals surface area contributed by atoms with Crippen molar-refractivity contribution in [3.8, 4) is 0 Å². The summed E-state index contributed by atoms with van der Waals surface area (Å²) in [5.74, 6) is 0.244. The third-order valence-corrected chi connectivity index (χ3v) is 3.46. The van der Waals surface area contributed by atoms with Gasteiger partial charge in [0.1, 0.15) is 0 Å². The van der Waals surface area contributed by atoms with Crippen LogP contribution < -0.4 is 10.2 Å². The van der Waals surface area contributed by atoms with Crippen LogP contribution in [0.2, 0.25) is 0 Å². The van der Waals surface area contributed by atoms with Crippen LogP contribution in [0.3, 0.4) is 0 Å². The van der Waals surface area contributed by atoms with Gasteiger partial charge in [-0.2, -0.15) is 0 Å². The Hall–Kier alpha value is -1.51. The first-order chi connectivity index (χ1) is 8.96. The summed E-state index contributed by atoms with van der Waals surface area (Å²) in [6.07, 6.45) is 2.80. The van der Waals surface area contributed by atoms with Gasteiger partial charge < -0.3 is 10.2 Å². The van der Waals surface area contributed by atoms with Gasteiger partial charge in [-0.15, -0.1) is 0 Å². The summed E-state index contributed by atoms with van der Waals surface area (Å²) in [4.78, 5) is 13.5. The van der Waals surface area contributed by atoms with E-state index in [9.17, 15) is 4.79 Å². The summed E-state index contributed by atoms with van der Waals surface area (Å²) in [5, 5.41) is 3.43. The summed E-state index contributed by atoms with van der Waals surface area (Å²) in [7, 11) is 0. The van der Waals surface area contributed by atoms with Crippen LogP contribution in [-0.4, -0.2) is 19.0 Å². The number of carbonyl (C=O) groups excluding carboxylic acids is 1. The maximum absolute atomic E-state index is 11.7. The van der Waals surface area contributed by atoms with E-state index in [1.54, 1.807) is 0 Å². The Labute approximate surface area is 116 Å². The van der Waals surface area contributed by atoms with E-state index in [-0.39, 0.29) is 5.91 Å². The second kappa shape index (κ2) is 5.64. The zero-order chi connectivity index (χ0) is 13.9. The average molecular weight is 260 g/mol. The highest BCUT2D eigenvalue weighted by Gasteiger charge is 2.21. The average Bonchev–Trinajstić information content (AvgIpc) is 2.75. The molecule has 0 bridgehead atoms. The summed E-state index contributed by atoms with van der Waals surface area (Å²) >= 11 is 0. The molecule has 2 rings (SSSR count). The quantitative estimate of drug-likeness (QED) is 0.896. The van der Waals surface area contributed by atoms with E-state index >= 15 is 0 Å². The lowest BCUT2D eigenvalue weighted by Crippen LogP contribution is -2.23. The predicted octanol–water partition coefficient (Wildman–Crippen LogP) is 3.66. The smallest absolute Gasteiger partial charge is 0.227 e. The molecule has 0 atom stereocenters. The van der Waals surface area contributed by atoms with Crippen LogP contribution in [0.15, 0.2) is 24.3 Å². The minimum Gasteiger partial charge on any atom is -0.385 e. The normalized spacial score (nSPS) is 15.9. The van der Waals surface area contributed by atoms with Gasteiger partial charge >= 0.3 is 0 Å². The molecule has 104 valence electrons. The van der Waals surface area contributed by atoms with Crippen molar-refractivity contribution in [2.75, 3.05) is 23.3 Å². The van der Waals surface area contributed by atoms with Crippen molar-refractivity contribution in [3.63, 3.8) is 0 Å². The minimum absolute atomic E-state index is 0.244. The van der Waals surface area contributed by atoms with Gasteiger partial charge in [0.05, 0.1) is 0 Å². The van der Waals surface area contributed by atoms with Crippen molar-refractivity contribution in [1.29, 1.82) is 0 Å². The van der Waals surface area contributed by atoms with E-state index < -0.39 is 0 Å². The lowest BCUT2D eigenvalue weighted by Gasteiger charge is -2.19. The maximum Gasteiger partial charge on any atom is 0.227 e. The van der Waals surface area contributed by atoms with Gasteiger partial charge in [-0.1, -0.05) is 20.8 Å². The summed E-state index contributed by atoms with van der Waals surface area (Å²) in [6, 6.07) is 8.18. The molecule has 1 amide bonds. The van der Waals surface area contributed by atoms with E-state index in [1.165, 1.54) is 0 Å². The Morgan fingerprint density at radius 2 is 1.89 bits per heavy atom. The number of nitrogens with zero attached hydrogens (tertiary/aromatic N) is 1. The molecule has 0 aromatic heterocycles. The third-order valence-electron chi connectivity index (χ3n) is 3.46. The van der Waals surface area contributed by atoms with E-state index in [0.29, 0.717) is 11.8 Å². The lowest BCUT2D eigenvalue weighted by atomic mass is 9.92. The molecule has 0 unspecified atom stereocenters. The number of nitrogens with one attached hydrogen (secondary N) is 1. The zero-order valence-corrected chi connectivity index (χ0v) is 12.2. The highest BCUT2D eigenvalue weighted by atomic mass is 16.2. The molecule has 1 heterocycles. The molecule has 1 aliphatic heterocycles. The first kappa shape index (κ1) is 13.9. The minimum atomic E-state index is 0.244. The van der Waals surface area contributed by atoms with Gasteiger partial charge in [0.25, 0.3) is 0 Å². The third kappa shape index (κ3) is 3.98. The molecular weight excluding hydrogens is 236 g/mol. The van der Waals surface area contributed by atoms with Crippen molar-refractivity contribution in [2.45, 2.75) is 40.0 Å². The monoisotopic (exact) mass is 260 g/mol. The first-order valence-corrected chi connectivity index (χ1v) is 7.10. The molecule has 0 spiro atoms. The van der Waals surface area contributed by atoms with Gasteiger partial charge in [0, 0.05) is 30.9 Å². The van der Waals surface area contributed by atoms with E-state index in [1.807, 2.05) is 17.0 Å². The Kier molecular flexibility index (Phi) is 4.13. The molecule has 1 aromatic rings. The number of rotatable bonds is 4. The van der Waals surface area contributed by atoms with Crippen LogP contribution >= 0.6 is 0 Å². The Morgan fingerprint density at radius 3 is 2.42 bits per heavy atom. The van der Waals surface area contributed by atoms with Crippen LogP contribution in [0.4, 0.5) is 11.4 Å². The SMILES string of the molecule is CC(C)(C)CCNc1ccc(N2CCCC2=O)cc1. The number of amides is 1. The molecule has 0 saturated carbocycles. The summed E-state index contributed by atoms with van der Waals surface area (Å²) in [6.45, 7) is 8.57. The van der Waals surface area contributed by atoms with Gasteiger partial charge in [-0.05, 0) is 42.5 Å². The van der Waals surface area contributed by atoms with E-state index in [0.717, 1.165) is 37.3 Å². The molecule has 0 radical (unpaired) electrons. The molecule has 1 fully saturated rings. The molecule has 0 aliphatic carbocycles. The maximum atomic E-state index is 11.7. The lowest BCUT2D eigenvalue weighted by molar-refractivity contribution is -0.117. The van der Waals surface area contributed by atoms with Crippen molar-refractivity contribution < 1.29 is 4.79 Å². The number of benzene rings is 1. The van der Waals surface area contributed by atoms with Crippen LogP contribution in [0.25, 0.3) is 0 Å². The number of carbonyl (C=O) groups is 1. The highest BCUT2D eigenvalue weighted by molar-refractivity contribution is 5.95. The molecule has 1 aliphatic rings. The van der Waals surface area contributed by atoms with E-state index in [2.05, 4.69) is 38.2 Å². The number of hydrogen-bond donors (Lipinski definition) is 1. The molecule has 19 heavy (non-hydrogen) atoms. The zero-order valence-electron chi connectivity index (χ0n) is 12.2. The molecular formula is C16H24N2O. The van der Waals surface area contributed by atoms with Crippen LogP contribution in [0.1, 0.15) is 40.0 Å². The molecule has 1 N–H and O–H groups in total. The molecule has 3 nitrogen and oxygen atoms in total. The van der Waals surface area contributed by atoms with Gasteiger partial charge in [0.2, 0.25) is 5.91 Å². The number of anilines is 2. The molecule has 1 aromatic carbocycles. The van der Waals surface area contributed by atoms with Crippen molar-refractivity contribution >= 4 is 17.3 Å². The Bertz CT molecular complexity index is 431. The fourth-order valence-electron chi connectivity index (χ4n) is 2.26. The van der Waals surface area contributed by atoms with Crippen molar-refractivity contribution in [3.05, 3.63) is 24.3 Å². The van der Waals surface area contributed by atoms with Crippen LogP contribution in [-0.2, 0) is 4.79 Å². The fraction of sp³-hybridized carbons (Fsp3) is 0.562. The van der Waals surface area contributed by atoms with Gasteiger partial charge in [0.15, 0.2) is 0 Å². The first-order valence-electron chi connectivity index (χ1n) is 7.10. The van der Waals surface area contributed by atoms with Crippen molar-refractivity contribution in [1.82, 2.24) is 0 Å². The van der Waals surface area contributed by atoms with Gasteiger partial charge in [-0.25, -0.2) is 0 Å². The van der Waals surface area contributed by atoms with Gasteiger partial charge in [-0.3, -0.25) is 4.79 Å². The summed E-state index contributed by atoms with van der Waals surface area (Å²) in [5.41, 5.74) is 2.50. The highest BCUT2D eigenvalue weighted by Crippen LogP contribution is 2.23. The molecule has 3 heteroatoms. The van der Waals surface area contributed by atoms with E-state index in [4.69, 9.17) is 0 Å². The Morgan fingerprint density at radius 1 is 1.21 bits per heavy atom. The second-order valence-electron chi connectivity index (χ2n) is 6.43. The Balaban J connectivity index is 1.90. The molecule has 1 saturated heterocycles. The number of hydrogen-bond acceptors (Lipinski definition) is 2.